The molecule has 1 aromatic heterocycles. The van der Waals surface area contributed by atoms with Crippen molar-refractivity contribution in [2.24, 2.45) is 0 Å². The molecule has 0 aliphatic carbocycles. The second-order valence-electron chi connectivity index (χ2n) is 4.48. The highest BCUT2D eigenvalue weighted by atomic mass is 35.5. The molecule has 0 bridgehead atoms. The highest BCUT2D eigenvalue weighted by Gasteiger charge is 2.10. The van der Waals surface area contributed by atoms with E-state index in [0.29, 0.717) is 11.4 Å². The second kappa shape index (κ2) is 6.77. The summed E-state index contributed by atoms with van der Waals surface area (Å²) in [6.45, 7) is 3.91. The lowest BCUT2D eigenvalue weighted by Crippen LogP contribution is -2.10. The van der Waals surface area contributed by atoms with Crippen molar-refractivity contribution in [2.45, 2.75) is 26.3 Å². The third-order valence-corrected chi connectivity index (χ3v) is 4.30. The third-order valence-electron chi connectivity index (χ3n) is 2.91. The Labute approximate surface area is 128 Å². The molecule has 106 valence electrons. The van der Waals surface area contributed by atoms with Crippen LogP contribution in [0.4, 0.5) is 11.4 Å². The average Bonchev–Trinajstić information content (AvgIpc) is 2.96. The van der Waals surface area contributed by atoms with E-state index in [4.69, 9.17) is 11.6 Å². The van der Waals surface area contributed by atoms with Crippen molar-refractivity contribution in [1.82, 2.24) is 0 Å². The molecule has 3 nitrogen and oxygen atoms in total. The summed E-state index contributed by atoms with van der Waals surface area (Å²) in [6.07, 6.45) is 0.455. The Kier molecular flexibility index (Phi) is 5.04. The molecule has 1 aromatic carbocycles. The molecule has 0 aliphatic heterocycles. The molecule has 0 saturated heterocycles. The minimum absolute atomic E-state index is 0.00965. The van der Waals surface area contributed by atoms with E-state index in [1.165, 1.54) is 4.88 Å². The Morgan fingerprint density at radius 3 is 2.85 bits per heavy atom. The zero-order valence-corrected chi connectivity index (χ0v) is 13.0. The van der Waals surface area contributed by atoms with Crippen LogP contribution in [0.2, 0.25) is 5.02 Å². The molecule has 2 N–H and O–H groups in total. The van der Waals surface area contributed by atoms with Crippen molar-refractivity contribution in [1.29, 1.82) is 0 Å². The molecule has 1 amide bonds. The van der Waals surface area contributed by atoms with E-state index in [2.05, 4.69) is 23.6 Å². The van der Waals surface area contributed by atoms with E-state index < -0.39 is 0 Å². The van der Waals surface area contributed by atoms with Crippen molar-refractivity contribution >= 4 is 40.2 Å². The second-order valence-corrected chi connectivity index (χ2v) is 5.86. The van der Waals surface area contributed by atoms with Gasteiger partial charge in [0, 0.05) is 17.0 Å². The van der Waals surface area contributed by atoms with Crippen LogP contribution in [0.5, 0.6) is 0 Å². The molecule has 2 aromatic rings. The summed E-state index contributed by atoms with van der Waals surface area (Å²) in [7, 11) is 0. The summed E-state index contributed by atoms with van der Waals surface area (Å²) in [5, 5.41) is 8.89. The number of anilines is 2. The monoisotopic (exact) mass is 308 g/mol. The van der Waals surface area contributed by atoms with Crippen LogP contribution in [0.25, 0.3) is 0 Å². The Morgan fingerprint density at radius 1 is 1.40 bits per heavy atom. The molecule has 0 aliphatic rings. The summed E-state index contributed by atoms with van der Waals surface area (Å²) < 4.78 is 0. The molecule has 2 rings (SSSR count). The molecule has 1 heterocycles. The van der Waals surface area contributed by atoms with Crippen LogP contribution in [0, 0.1) is 0 Å². The normalized spacial score (nSPS) is 11.9. The molecular weight excluding hydrogens is 292 g/mol. The van der Waals surface area contributed by atoms with Gasteiger partial charge in [-0.2, -0.15) is 0 Å². The fourth-order valence-corrected chi connectivity index (χ4v) is 2.71. The van der Waals surface area contributed by atoms with Gasteiger partial charge in [-0.3, -0.25) is 4.79 Å². The number of thiophene rings is 1. The number of carbonyl (C=O) groups excluding carboxylic acids is 1. The molecule has 1 unspecified atom stereocenters. The maximum absolute atomic E-state index is 11.4. The van der Waals surface area contributed by atoms with E-state index >= 15 is 0 Å². The van der Waals surface area contributed by atoms with Gasteiger partial charge in [0.25, 0.3) is 0 Å². The van der Waals surface area contributed by atoms with Gasteiger partial charge in [-0.1, -0.05) is 24.6 Å². The molecule has 0 spiro atoms. The van der Waals surface area contributed by atoms with Crippen LogP contribution in [0.3, 0.4) is 0 Å². The van der Waals surface area contributed by atoms with Gasteiger partial charge in [0.2, 0.25) is 5.91 Å². The minimum Gasteiger partial charge on any atom is -0.376 e. The van der Waals surface area contributed by atoms with Crippen molar-refractivity contribution < 1.29 is 4.79 Å². The maximum Gasteiger partial charge on any atom is 0.224 e. The number of benzene rings is 1. The predicted octanol–water partition coefficient (Wildman–Crippen LogP) is 4.92. The van der Waals surface area contributed by atoms with E-state index in [-0.39, 0.29) is 11.9 Å². The maximum atomic E-state index is 11.4. The van der Waals surface area contributed by atoms with Crippen molar-refractivity contribution in [3.63, 3.8) is 0 Å². The quantitative estimate of drug-likeness (QED) is 0.823. The van der Waals surface area contributed by atoms with Gasteiger partial charge in [-0.25, -0.2) is 0 Å². The zero-order valence-electron chi connectivity index (χ0n) is 11.4. The highest BCUT2D eigenvalue weighted by Crippen LogP contribution is 2.30. The number of hydrogen-bond acceptors (Lipinski definition) is 3. The van der Waals surface area contributed by atoms with Gasteiger partial charge in [-0.15, -0.1) is 11.3 Å². The van der Waals surface area contributed by atoms with E-state index in [1.54, 1.807) is 23.5 Å². The van der Waals surface area contributed by atoms with Gasteiger partial charge in [0.15, 0.2) is 0 Å². The Hall–Kier alpha value is -1.52. The van der Waals surface area contributed by atoms with Crippen LogP contribution in [0.15, 0.2) is 35.7 Å². The number of carbonyl (C=O) groups is 1. The summed E-state index contributed by atoms with van der Waals surface area (Å²) in [5.74, 6) is -0.00965. The molecular formula is C15H17ClN2OS. The number of hydrogen-bond donors (Lipinski definition) is 2. The topological polar surface area (TPSA) is 41.1 Å². The lowest BCUT2D eigenvalue weighted by atomic mass is 10.2. The van der Waals surface area contributed by atoms with Crippen LogP contribution in [-0.2, 0) is 4.79 Å². The van der Waals surface area contributed by atoms with Crippen LogP contribution in [0.1, 0.15) is 31.2 Å². The van der Waals surface area contributed by atoms with Gasteiger partial charge in [0.05, 0.1) is 16.8 Å². The molecule has 0 saturated carbocycles. The van der Waals surface area contributed by atoms with Gasteiger partial charge in [0.1, 0.15) is 0 Å². The summed E-state index contributed by atoms with van der Waals surface area (Å²) in [4.78, 5) is 12.7. The molecule has 0 fully saturated rings. The number of halogens is 1. The smallest absolute Gasteiger partial charge is 0.224 e. The fraction of sp³-hybridized carbons (Fsp3) is 0.267. The SMILES string of the molecule is CCC(=O)Nc1ccc(Cl)c(NC(C)c2cccs2)c1. The zero-order chi connectivity index (χ0) is 14.5. The van der Waals surface area contributed by atoms with E-state index in [9.17, 15) is 4.79 Å². The first-order valence-corrected chi connectivity index (χ1v) is 7.75. The summed E-state index contributed by atoms with van der Waals surface area (Å²) in [6, 6.07) is 9.73. The first kappa shape index (κ1) is 14.9. The summed E-state index contributed by atoms with van der Waals surface area (Å²) in [5.41, 5.74) is 1.57. The van der Waals surface area contributed by atoms with Crippen LogP contribution >= 0.6 is 22.9 Å². The first-order valence-electron chi connectivity index (χ1n) is 6.49. The molecule has 5 heteroatoms. The van der Waals surface area contributed by atoms with Gasteiger partial charge >= 0.3 is 0 Å². The summed E-state index contributed by atoms with van der Waals surface area (Å²) >= 11 is 7.90. The first-order chi connectivity index (χ1) is 9.60. The predicted molar refractivity (Wildman–Crippen MR) is 86.7 cm³/mol. The standard InChI is InChI=1S/C15H17ClN2OS/c1-3-15(19)18-11-6-7-12(16)13(9-11)17-10(2)14-5-4-8-20-14/h4-10,17H,3H2,1-2H3,(H,18,19). The largest absolute Gasteiger partial charge is 0.376 e. The average molecular weight is 309 g/mol. The third kappa shape index (κ3) is 3.74. The van der Waals surface area contributed by atoms with E-state index in [1.807, 2.05) is 24.4 Å². The molecule has 0 radical (unpaired) electrons. The highest BCUT2D eigenvalue weighted by molar-refractivity contribution is 7.10. The Balaban J connectivity index is 2.14. The van der Waals surface area contributed by atoms with Gasteiger partial charge < -0.3 is 10.6 Å². The van der Waals surface area contributed by atoms with Gasteiger partial charge in [-0.05, 0) is 36.6 Å². The number of rotatable bonds is 5. The fourth-order valence-electron chi connectivity index (χ4n) is 1.81. The van der Waals surface area contributed by atoms with E-state index in [0.717, 1.165) is 11.4 Å². The Morgan fingerprint density at radius 2 is 2.20 bits per heavy atom. The molecule has 1 atom stereocenters. The lowest BCUT2D eigenvalue weighted by molar-refractivity contribution is -0.115. The van der Waals surface area contributed by atoms with Crippen LogP contribution < -0.4 is 10.6 Å². The molecule has 20 heavy (non-hydrogen) atoms. The minimum atomic E-state index is -0.00965. The van der Waals surface area contributed by atoms with Crippen molar-refractivity contribution in [3.05, 3.63) is 45.6 Å². The Bertz CT molecular complexity index is 584. The van der Waals surface area contributed by atoms with Crippen molar-refractivity contribution in [3.8, 4) is 0 Å². The lowest BCUT2D eigenvalue weighted by Gasteiger charge is -2.16. The number of amides is 1. The number of nitrogens with one attached hydrogen (secondary N) is 2. The van der Waals surface area contributed by atoms with Crippen LogP contribution in [-0.4, -0.2) is 5.91 Å². The van der Waals surface area contributed by atoms with Crippen molar-refractivity contribution in [2.75, 3.05) is 10.6 Å².